The standard InChI is InChI=1S/C7H13N3O2/c8-7(6-10(11)12)9-4-2-1-3-5-9/h6H,1-5,8H2. The first-order valence-corrected chi connectivity index (χ1v) is 4.06. The predicted molar refractivity (Wildman–Crippen MR) is 44.7 cm³/mol. The third-order valence-corrected chi connectivity index (χ3v) is 1.96. The lowest BCUT2D eigenvalue weighted by atomic mass is 10.1. The minimum absolute atomic E-state index is 0.278. The number of hydrogen-bond acceptors (Lipinski definition) is 4. The van der Waals surface area contributed by atoms with Crippen LogP contribution in [0.1, 0.15) is 19.3 Å². The fraction of sp³-hybridized carbons (Fsp3) is 0.714. The van der Waals surface area contributed by atoms with E-state index in [0.29, 0.717) is 0 Å². The van der Waals surface area contributed by atoms with Crippen molar-refractivity contribution in [1.29, 1.82) is 0 Å². The Hall–Kier alpha value is -1.26. The minimum atomic E-state index is -0.510. The molecule has 0 atom stereocenters. The first-order chi connectivity index (χ1) is 5.70. The molecule has 1 heterocycles. The molecule has 1 aliphatic heterocycles. The molecular formula is C7H13N3O2. The topological polar surface area (TPSA) is 72.4 Å². The Morgan fingerprint density at radius 2 is 2.00 bits per heavy atom. The lowest BCUT2D eigenvalue weighted by Gasteiger charge is -2.27. The zero-order valence-corrected chi connectivity index (χ0v) is 6.90. The molecule has 0 radical (unpaired) electrons. The van der Waals surface area contributed by atoms with E-state index >= 15 is 0 Å². The Labute approximate surface area is 71.0 Å². The Bertz CT molecular complexity index is 197. The molecule has 1 saturated heterocycles. The quantitative estimate of drug-likeness (QED) is 0.485. The third-order valence-electron chi connectivity index (χ3n) is 1.96. The molecule has 1 fully saturated rings. The van der Waals surface area contributed by atoms with Crippen molar-refractivity contribution in [3.63, 3.8) is 0 Å². The number of likely N-dealkylation sites (tertiary alicyclic amines) is 1. The van der Waals surface area contributed by atoms with Gasteiger partial charge in [0.1, 0.15) is 0 Å². The number of piperidine rings is 1. The SMILES string of the molecule is NC(=C[N+](=O)[O-])N1CCCCC1. The smallest absolute Gasteiger partial charge is 0.274 e. The van der Waals surface area contributed by atoms with Crippen molar-refractivity contribution in [2.24, 2.45) is 5.73 Å². The number of hydrogen-bond donors (Lipinski definition) is 1. The Morgan fingerprint density at radius 3 is 2.50 bits per heavy atom. The normalized spacial score (nSPS) is 19.3. The second-order valence-corrected chi connectivity index (χ2v) is 2.89. The van der Waals surface area contributed by atoms with Crippen molar-refractivity contribution in [2.45, 2.75) is 19.3 Å². The van der Waals surface area contributed by atoms with E-state index in [9.17, 15) is 10.1 Å². The lowest BCUT2D eigenvalue weighted by Crippen LogP contribution is -2.33. The summed E-state index contributed by atoms with van der Waals surface area (Å²) in [7, 11) is 0. The van der Waals surface area contributed by atoms with Crippen LogP contribution in [0.4, 0.5) is 0 Å². The van der Waals surface area contributed by atoms with Gasteiger partial charge in [-0.2, -0.15) is 0 Å². The second kappa shape index (κ2) is 3.94. The van der Waals surface area contributed by atoms with Gasteiger partial charge in [0.05, 0.1) is 4.92 Å². The summed E-state index contributed by atoms with van der Waals surface area (Å²) in [4.78, 5) is 11.4. The van der Waals surface area contributed by atoms with Crippen molar-refractivity contribution >= 4 is 0 Å². The van der Waals surface area contributed by atoms with E-state index in [4.69, 9.17) is 5.73 Å². The highest BCUT2D eigenvalue weighted by atomic mass is 16.6. The van der Waals surface area contributed by atoms with E-state index in [-0.39, 0.29) is 5.82 Å². The molecular weight excluding hydrogens is 158 g/mol. The molecule has 0 unspecified atom stereocenters. The molecule has 0 bridgehead atoms. The fourth-order valence-electron chi connectivity index (χ4n) is 1.34. The van der Waals surface area contributed by atoms with Gasteiger partial charge in [0.2, 0.25) is 0 Å². The van der Waals surface area contributed by atoms with E-state index in [1.165, 1.54) is 6.42 Å². The summed E-state index contributed by atoms with van der Waals surface area (Å²) in [5.41, 5.74) is 5.49. The maximum absolute atomic E-state index is 10.1. The molecule has 12 heavy (non-hydrogen) atoms. The van der Waals surface area contributed by atoms with Crippen molar-refractivity contribution in [3.05, 3.63) is 22.1 Å². The Balaban J connectivity index is 2.49. The highest BCUT2D eigenvalue weighted by Gasteiger charge is 2.12. The van der Waals surface area contributed by atoms with Crippen molar-refractivity contribution in [1.82, 2.24) is 4.90 Å². The summed E-state index contributed by atoms with van der Waals surface area (Å²) >= 11 is 0. The summed E-state index contributed by atoms with van der Waals surface area (Å²) in [6.45, 7) is 1.69. The largest absolute Gasteiger partial charge is 0.380 e. The monoisotopic (exact) mass is 171 g/mol. The summed E-state index contributed by atoms with van der Waals surface area (Å²) in [6.07, 6.45) is 4.21. The molecule has 0 aromatic rings. The molecule has 0 spiro atoms. The fourth-order valence-corrected chi connectivity index (χ4v) is 1.34. The van der Waals surface area contributed by atoms with Crippen LogP contribution in [0.2, 0.25) is 0 Å². The van der Waals surface area contributed by atoms with Gasteiger partial charge in [-0.15, -0.1) is 0 Å². The number of nitrogens with two attached hydrogens (primary N) is 1. The third kappa shape index (κ3) is 2.41. The van der Waals surface area contributed by atoms with Gasteiger partial charge in [-0.3, -0.25) is 10.1 Å². The summed E-state index contributed by atoms with van der Waals surface area (Å²) < 4.78 is 0. The zero-order chi connectivity index (χ0) is 8.97. The van der Waals surface area contributed by atoms with Gasteiger partial charge >= 0.3 is 0 Å². The zero-order valence-electron chi connectivity index (χ0n) is 6.90. The van der Waals surface area contributed by atoms with Crippen LogP contribution in [0.5, 0.6) is 0 Å². The van der Waals surface area contributed by atoms with Crippen LogP contribution in [0.3, 0.4) is 0 Å². The van der Waals surface area contributed by atoms with Crippen molar-refractivity contribution in [3.8, 4) is 0 Å². The van der Waals surface area contributed by atoms with Crippen molar-refractivity contribution in [2.75, 3.05) is 13.1 Å². The molecule has 68 valence electrons. The summed E-state index contributed by atoms with van der Waals surface area (Å²) in [5, 5.41) is 10.1. The van der Waals surface area contributed by atoms with E-state index in [1.807, 2.05) is 4.90 Å². The molecule has 0 aromatic heterocycles. The van der Waals surface area contributed by atoms with E-state index in [1.54, 1.807) is 0 Å². The van der Waals surface area contributed by atoms with Gasteiger partial charge in [-0.25, -0.2) is 0 Å². The molecule has 0 saturated carbocycles. The van der Waals surface area contributed by atoms with Crippen LogP contribution in [-0.4, -0.2) is 22.9 Å². The van der Waals surface area contributed by atoms with E-state index in [0.717, 1.165) is 32.1 Å². The first-order valence-electron chi connectivity index (χ1n) is 4.06. The van der Waals surface area contributed by atoms with Gasteiger partial charge in [0, 0.05) is 13.1 Å². The molecule has 5 nitrogen and oxygen atoms in total. The average molecular weight is 171 g/mol. The van der Waals surface area contributed by atoms with Gasteiger partial charge in [0.15, 0.2) is 5.82 Å². The minimum Gasteiger partial charge on any atom is -0.380 e. The Kier molecular flexibility index (Phi) is 2.90. The average Bonchev–Trinajstić information content (AvgIpc) is 2.05. The molecule has 2 N–H and O–H groups in total. The number of nitrogens with zero attached hydrogens (tertiary/aromatic N) is 2. The molecule has 5 heteroatoms. The van der Waals surface area contributed by atoms with E-state index in [2.05, 4.69) is 0 Å². The van der Waals surface area contributed by atoms with Gasteiger partial charge < -0.3 is 10.6 Å². The van der Waals surface area contributed by atoms with Crippen LogP contribution in [0.15, 0.2) is 12.0 Å². The predicted octanol–water partition coefficient (Wildman–Crippen LogP) is 0.507. The highest BCUT2D eigenvalue weighted by molar-refractivity contribution is 4.91. The van der Waals surface area contributed by atoms with Crippen LogP contribution in [0.25, 0.3) is 0 Å². The van der Waals surface area contributed by atoms with Gasteiger partial charge in [0.25, 0.3) is 6.20 Å². The highest BCUT2D eigenvalue weighted by Crippen LogP contribution is 2.11. The molecule has 0 amide bonds. The second-order valence-electron chi connectivity index (χ2n) is 2.89. The molecule has 1 rings (SSSR count). The van der Waals surface area contributed by atoms with Crippen LogP contribution < -0.4 is 5.73 Å². The van der Waals surface area contributed by atoms with Crippen molar-refractivity contribution < 1.29 is 4.92 Å². The molecule has 0 aliphatic carbocycles. The maximum atomic E-state index is 10.1. The summed E-state index contributed by atoms with van der Waals surface area (Å²) in [5.74, 6) is 0.278. The first kappa shape index (κ1) is 8.83. The van der Waals surface area contributed by atoms with Gasteiger partial charge in [-0.1, -0.05) is 0 Å². The molecule has 1 aliphatic rings. The maximum Gasteiger partial charge on any atom is 0.274 e. The lowest BCUT2D eigenvalue weighted by molar-refractivity contribution is -0.404. The van der Waals surface area contributed by atoms with Gasteiger partial charge in [-0.05, 0) is 19.3 Å². The number of rotatable bonds is 2. The van der Waals surface area contributed by atoms with Crippen LogP contribution in [-0.2, 0) is 0 Å². The van der Waals surface area contributed by atoms with Crippen LogP contribution >= 0.6 is 0 Å². The number of nitro groups is 1. The Morgan fingerprint density at radius 1 is 1.42 bits per heavy atom. The van der Waals surface area contributed by atoms with Crippen LogP contribution in [0, 0.1) is 10.1 Å². The molecule has 0 aromatic carbocycles. The summed E-state index contributed by atoms with van der Waals surface area (Å²) in [6, 6.07) is 0. The van der Waals surface area contributed by atoms with E-state index < -0.39 is 4.92 Å².